The molecule has 9 heteroatoms. The van der Waals surface area contributed by atoms with Crippen LogP contribution in [0.2, 0.25) is 5.02 Å². The van der Waals surface area contributed by atoms with Crippen molar-refractivity contribution >= 4 is 23.3 Å². The normalized spacial score (nSPS) is 14.6. The Kier molecular flexibility index (Phi) is 8.88. The number of carboxylic acids is 1. The summed E-state index contributed by atoms with van der Waals surface area (Å²) in [7, 11) is 0. The number of nitrogens with one attached hydrogen (secondary N) is 1. The number of hydrogen-bond acceptors (Lipinski definition) is 6. The zero-order valence-corrected chi connectivity index (χ0v) is 18.5. The van der Waals surface area contributed by atoms with E-state index in [9.17, 15) is 14.9 Å². The summed E-state index contributed by atoms with van der Waals surface area (Å²) in [5, 5.41) is 22.7. The lowest BCUT2D eigenvalue weighted by molar-refractivity contribution is -0.384. The molecule has 0 amide bonds. The highest BCUT2D eigenvalue weighted by Gasteiger charge is 2.22. The van der Waals surface area contributed by atoms with Crippen molar-refractivity contribution in [3.63, 3.8) is 0 Å². The van der Waals surface area contributed by atoms with Crippen molar-refractivity contribution in [3.8, 4) is 0 Å². The van der Waals surface area contributed by atoms with E-state index in [1.54, 1.807) is 0 Å². The molecule has 3 aromatic rings. The van der Waals surface area contributed by atoms with Crippen LogP contribution >= 0.6 is 11.6 Å². The Balaban J connectivity index is 0.000000218. The van der Waals surface area contributed by atoms with Gasteiger partial charge in [0.25, 0.3) is 5.69 Å². The molecule has 0 spiro atoms. The fraction of sp³-hybridized carbons (Fsp3) is 0.250. The number of piperidine rings is 1. The fourth-order valence-corrected chi connectivity index (χ4v) is 3.46. The number of nitrogens with zero attached hydrogens (tertiary/aromatic N) is 2. The quantitative estimate of drug-likeness (QED) is 0.390. The van der Waals surface area contributed by atoms with Crippen LogP contribution in [0.5, 0.6) is 0 Å². The number of ether oxygens (including phenoxy) is 1. The molecule has 1 fully saturated rings. The minimum absolute atomic E-state index is 0.0422. The first-order valence-electron chi connectivity index (χ1n) is 10.4. The molecule has 1 unspecified atom stereocenters. The summed E-state index contributed by atoms with van der Waals surface area (Å²) >= 11 is 5.99. The van der Waals surface area contributed by atoms with Gasteiger partial charge in [-0.25, -0.2) is 4.79 Å². The van der Waals surface area contributed by atoms with Crippen molar-refractivity contribution in [1.29, 1.82) is 0 Å². The highest BCUT2D eigenvalue weighted by Crippen LogP contribution is 2.28. The molecule has 2 N–H and O–H groups in total. The van der Waals surface area contributed by atoms with Gasteiger partial charge < -0.3 is 15.2 Å². The van der Waals surface area contributed by atoms with E-state index < -0.39 is 10.9 Å². The number of non-ortho nitro benzene ring substituents is 1. The second-order valence-electron chi connectivity index (χ2n) is 7.38. The molecule has 33 heavy (non-hydrogen) atoms. The third-order valence-electron chi connectivity index (χ3n) is 5.07. The average Bonchev–Trinajstić information content (AvgIpc) is 2.85. The average molecular weight is 470 g/mol. The van der Waals surface area contributed by atoms with Gasteiger partial charge in [-0.1, -0.05) is 29.8 Å². The van der Waals surface area contributed by atoms with E-state index in [0.717, 1.165) is 54.3 Å². The third kappa shape index (κ3) is 7.35. The number of aromatic carboxylic acids is 1. The van der Waals surface area contributed by atoms with Crippen LogP contribution < -0.4 is 5.32 Å². The van der Waals surface area contributed by atoms with Crippen LogP contribution in [0.15, 0.2) is 72.9 Å². The molecule has 0 radical (unpaired) electrons. The molecule has 1 aliphatic rings. The van der Waals surface area contributed by atoms with Gasteiger partial charge in [-0.3, -0.25) is 15.1 Å². The molecule has 1 atom stereocenters. The van der Waals surface area contributed by atoms with Gasteiger partial charge in [0, 0.05) is 23.4 Å². The molecule has 1 aromatic heterocycles. The maximum absolute atomic E-state index is 10.3. The summed E-state index contributed by atoms with van der Waals surface area (Å²) in [4.78, 5) is 24.3. The van der Waals surface area contributed by atoms with Crippen molar-refractivity contribution in [1.82, 2.24) is 10.3 Å². The number of halogens is 1. The van der Waals surface area contributed by atoms with Crippen molar-refractivity contribution in [2.75, 3.05) is 13.1 Å². The zero-order chi connectivity index (χ0) is 23.6. The monoisotopic (exact) mass is 469 g/mol. The first kappa shape index (κ1) is 24.3. The minimum Gasteiger partial charge on any atom is -0.478 e. The van der Waals surface area contributed by atoms with Crippen LogP contribution in [-0.2, 0) is 4.74 Å². The Bertz CT molecular complexity index is 1010. The van der Waals surface area contributed by atoms with Gasteiger partial charge >= 0.3 is 5.97 Å². The van der Waals surface area contributed by atoms with E-state index in [2.05, 4.69) is 10.3 Å². The molecule has 2 aromatic carbocycles. The van der Waals surface area contributed by atoms with Crippen LogP contribution in [0.1, 0.15) is 40.6 Å². The smallest absolute Gasteiger partial charge is 0.335 e. The van der Waals surface area contributed by atoms with Crippen LogP contribution in [0, 0.1) is 10.1 Å². The van der Waals surface area contributed by atoms with Crippen molar-refractivity contribution in [3.05, 3.63) is 105 Å². The SMILES string of the molecule is Clc1ccc(C(OC2CCNCC2)c2ccccn2)cc1.O=C(O)c1ccc([N+](=O)[O-])cc1. The number of carboxylic acid groups (broad SMARTS) is 1. The molecule has 4 rings (SSSR count). The second-order valence-corrected chi connectivity index (χ2v) is 7.82. The molecule has 2 heterocycles. The number of pyridine rings is 1. The highest BCUT2D eigenvalue weighted by molar-refractivity contribution is 6.30. The topological polar surface area (TPSA) is 115 Å². The largest absolute Gasteiger partial charge is 0.478 e. The number of rotatable bonds is 6. The van der Waals surface area contributed by atoms with E-state index in [4.69, 9.17) is 21.4 Å². The van der Waals surface area contributed by atoms with E-state index in [0.29, 0.717) is 0 Å². The van der Waals surface area contributed by atoms with Gasteiger partial charge in [0.05, 0.1) is 22.3 Å². The van der Waals surface area contributed by atoms with Gasteiger partial charge in [0.2, 0.25) is 0 Å². The van der Waals surface area contributed by atoms with Crippen molar-refractivity contribution < 1.29 is 19.6 Å². The van der Waals surface area contributed by atoms with E-state index in [-0.39, 0.29) is 23.5 Å². The highest BCUT2D eigenvalue weighted by atomic mass is 35.5. The summed E-state index contributed by atoms with van der Waals surface area (Å²) < 4.78 is 6.36. The standard InChI is InChI=1S/C17H19ClN2O.C7H5NO4/c18-14-6-4-13(5-7-14)17(16-3-1-2-10-20-16)21-15-8-11-19-12-9-15;9-7(10)5-1-3-6(4-2-5)8(11)12/h1-7,10,15,17,19H,8-9,11-12H2;1-4H,(H,9,10). The number of aromatic nitrogens is 1. The van der Waals surface area contributed by atoms with Gasteiger partial charge in [0.1, 0.15) is 6.10 Å². The molecule has 8 nitrogen and oxygen atoms in total. The maximum atomic E-state index is 10.3. The van der Waals surface area contributed by atoms with Crippen molar-refractivity contribution in [2.24, 2.45) is 0 Å². The minimum atomic E-state index is -1.09. The predicted molar refractivity (Wildman–Crippen MR) is 125 cm³/mol. The zero-order valence-electron chi connectivity index (χ0n) is 17.8. The molecule has 1 aliphatic heterocycles. The number of nitro groups is 1. The lowest BCUT2D eigenvalue weighted by Crippen LogP contribution is -2.33. The van der Waals surface area contributed by atoms with Crippen molar-refractivity contribution in [2.45, 2.75) is 25.0 Å². The first-order valence-corrected chi connectivity index (χ1v) is 10.8. The summed E-state index contributed by atoms with van der Waals surface area (Å²) in [5.74, 6) is -1.09. The molecule has 0 saturated carbocycles. The number of nitro benzene ring substituents is 1. The third-order valence-corrected chi connectivity index (χ3v) is 5.32. The molecule has 0 bridgehead atoms. The van der Waals surface area contributed by atoms with Gasteiger partial charge in [-0.2, -0.15) is 0 Å². The molecule has 172 valence electrons. The Labute approximate surface area is 196 Å². The second kappa shape index (κ2) is 12.1. The Morgan fingerprint density at radius 2 is 1.76 bits per heavy atom. The van der Waals surface area contributed by atoms with E-state index >= 15 is 0 Å². The summed E-state index contributed by atoms with van der Waals surface area (Å²) in [6, 6.07) is 18.5. The van der Waals surface area contributed by atoms with Crippen LogP contribution in [0.4, 0.5) is 5.69 Å². The summed E-state index contributed by atoms with van der Waals surface area (Å²) in [6.45, 7) is 2.03. The summed E-state index contributed by atoms with van der Waals surface area (Å²) in [6.07, 6.45) is 4.03. The Morgan fingerprint density at radius 1 is 1.09 bits per heavy atom. The Morgan fingerprint density at radius 3 is 2.30 bits per heavy atom. The Hall–Kier alpha value is -3.33. The lowest BCUT2D eigenvalue weighted by Gasteiger charge is -2.28. The molecular weight excluding hydrogens is 446 g/mol. The van der Waals surface area contributed by atoms with Gasteiger partial charge in [0.15, 0.2) is 0 Å². The van der Waals surface area contributed by atoms with E-state index in [1.165, 1.54) is 12.1 Å². The van der Waals surface area contributed by atoms with E-state index in [1.807, 2.05) is 48.7 Å². The number of carbonyl (C=O) groups is 1. The first-order chi connectivity index (χ1) is 15.9. The molecule has 1 saturated heterocycles. The molecule has 0 aliphatic carbocycles. The molecular formula is C24H24ClN3O5. The predicted octanol–water partition coefficient (Wildman–Crippen LogP) is 4.89. The fourth-order valence-electron chi connectivity index (χ4n) is 3.34. The summed E-state index contributed by atoms with van der Waals surface area (Å²) in [5.41, 5.74) is 1.97. The number of benzene rings is 2. The van der Waals surface area contributed by atoms with Crippen LogP contribution in [0.3, 0.4) is 0 Å². The van der Waals surface area contributed by atoms with Gasteiger partial charge in [-0.15, -0.1) is 0 Å². The lowest BCUT2D eigenvalue weighted by atomic mass is 10.0. The van der Waals surface area contributed by atoms with Crippen LogP contribution in [0.25, 0.3) is 0 Å². The van der Waals surface area contributed by atoms with Gasteiger partial charge in [-0.05, 0) is 67.9 Å². The van der Waals surface area contributed by atoms with Crippen LogP contribution in [-0.4, -0.2) is 40.2 Å². The number of hydrogen-bond donors (Lipinski definition) is 2. The maximum Gasteiger partial charge on any atom is 0.335 e.